The molecule has 2 rings (SSSR count). The third-order valence-corrected chi connectivity index (χ3v) is 4.64. The molecule has 21 heavy (non-hydrogen) atoms. The largest absolute Gasteiger partial charge is 0.481 e. The first-order valence-corrected chi connectivity index (χ1v) is 7.34. The minimum atomic E-state index is -0.809. The Labute approximate surface area is 124 Å². The second kappa shape index (κ2) is 5.87. The molecule has 1 aromatic rings. The standard InChI is InChI=1S/C15H23N3O3/c1-9-12(10(2)17(4)16-9)5-6-14(19)18-8-7-13(11(18)3)15(20)21/h11,13H,5-8H2,1-4H3,(H,20,21). The van der Waals surface area contributed by atoms with Crippen LogP contribution in [0.4, 0.5) is 0 Å². The van der Waals surface area contributed by atoms with E-state index in [0.29, 0.717) is 25.8 Å². The van der Waals surface area contributed by atoms with Crippen LogP contribution in [0.15, 0.2) is 0 Å². The minimum Gasteiger partial charge on any atom is -0.481 e. The maximum Gasteiger partial charge on any atom is 0.308 e. The van der Waals surface area contributed by atoms with E-state index < -0.39 is 11.9 Å². The van der Waals surface area contributed by atoms with Crippen LogP contribution in [0.2, 0.25) is 0 Å². The van der Waals surface area contributed by atoms with Gasteiger partial charge in [-0.15, -0.1) is 0 Å². The summed E-state index contributed by atoms with van der Waals surface area (Å²) in [6.45, 7) is 6.32. The van der Waals surface area contributed by atoms with Crippen molar-refractivity contribution in [3.8, 4) is 0 Å². The lowest BCUT2D eigenvalue weighted by Crippen LogP contribution is -2.37. The number of carboxylic acid groups (broad SMARTS) is 1. The van der Waals surface area contributed by atoms with Crippen molar-refractivity contribution in [3.05, 3.63) is 17.0 Å². The monoisotopic (exact) mass is 293 g/mol. The SMILES string of the molecule is Cc1nn(C)c(C)c1CCC(=O)N1CCC(C(=O)O)C1C. The van der Waals surface area contributed by atoms with Crippen molar-refractivity contribution in [1.29, 1.82) is 0 Å². The number of likely N-dealkylation sites (tertiary alicyclic amines) is 1. The molecule has 0 radical (unpaired) electrons. The fourth-order valence-corrected chi connectivity index (χ4v) is 3.18. The van der Waals surface area contributed by atoms with Gasteiger partial charge >= 0.3 is 5.97 Å². The molecule has 0 saturated carbocycles. The normalized spacial score (nSPS) is 21.8. The maximum atomic E-state index is 12.3. The number of carboxylic acids is 1. The smallest absolute Gasteiger partial charge is 0.308 e. The minimum absolute atomic E-state index is 0.0360. The highest BCUT2D eigenvalue weighted by Crippen LogP contribution is 2.25. The molecule has 1 aliphatic heterocycles. The third-order valence-electron chi connectivity index (χ3n) is 4.64. The van der Waals surface area contributed by atoms with Gasteiger partial charge in [-0.05, 0) is 39.2 Å². The molecule has 116 valence electrons. The number of aryl methyl sites for hydroxylation is 2. The van der Waals surface area contributed by atoms with Gasteiger partial charge in [0, 0.05) is 31.7 Å². The zero-order valence-electron chi connectivity index (χ0n) is 13.1. The Morgan fingerprint density at radius 2 is 2.05 bits per heavy atom. The van der Waals surface area contributed by atoms with Crippen LogP contribution < -0.4 is 0 Å². The van der Waals surface area contributed by atoms with Crippen molar-refractivity contribution < 1.29 is 14.7 Å². The van der Waals surface area contributed by atoms with Crippen molar-refractivity contribution in [2.45, 2.75) is 46.1 Å². The molecule has 6 heteroatoms. The van der Waals surface area contributed by atoms with E-state index in [9.17, 15) is 9.59 Å². The van der Waals surface area contributed by atoms with Crippen LogP contribution in [0.5, 0.6) is 0 Å². The van der Waals surface area contributed by atoms with E-state index in [0.717, 1.165) is 17.0 Å². The third kappa shape index (κ3) is 2.94. The number of carbonyl (C=O) groups is 2. The van der Waals surface area contributed by atoms with Gasteiger partial charge in [0.15, 0.2) is 0 Å². The Morgan fingerprint density at radius 1 is 1.38 bits per heavy atom. The van der Waals surface area contributed by atoms with Gasteiger partial charge in [0.25, 0.3) is 0 Å². The Bertz CT molecular complexity index is 565. The van der Waals surface area contributed by atoms with E-state index in [1.54, 1.807) is 4.90 Å². The molecular formula is C15H23N3O3. The van der Waals surface area contributed by atoms with Crippen LogP contribution >= 0.6 is 0 Å². The molecule has 1 N–H and O–H groups in total. The topological polar surface area (TPSA) is 75.4 Å². The van der Waals surface area contributed by atoms with Crippen LogP contribution in [0.1, 0.15) is 36.7 Å². The molecule has 1 amide bonds. The summed E-state index contributed by atoms with van der Waals surface area (Å²) in [5.74, 6) is -1.21. The Balaban J connectivity index is 1.98. The first-order chi connectivity index (χ1) is 9.82. The van der Waals surface area contributed by atoms with E-state index in [4.69, 9.17) is 5.11 Å². The lowest BCUT2D eigenvalue weighted by molar-refractivity contribution is -0.143. The summed E-state index contributed by atoms with van der Waals surface area (Å²) in [4.78, 5) is 25.1. The van der Waals surface area contributed by atoms with Gasteiger partial charge < -0.3 is 10.0 Å². The fourth-order valence-electron chi connectivity index (χ4n) is 3.18. The van der Waals surface area contributed by atoms with Gasteiger partial charge in [0.2, 0.25) is 5.91 Å². The molecule has 0 aromatic carbocycles. The number of carbonyl (C=O) groups excluding carboxylic acids is 1. The first kappa shape index (κ1) is 15.5. The second-order valence-electron chi connectivity index (χ2n) is 5.83. The molecule has 0 bridgehead atoms. The average Bonchev–Trinajstić information content (AvgIpc) is 2.89. The average molecular weight is 293 g/mol. The Morgan fingerprint density at radius 3 is 2.52 bits per heavy atom. The van der Waals surface area contributed by atoms with E-state index >= 15 is 0 Å². The summed E-state index contributed by atoms with van der Waals surface area (Å²) < 4.78 is 1.83. The van der Waals surface area contributed by atoms with Gasteiger partial charge in [0.1, 0.15) is 0 Å². The van der Waals surface area contributed by atoms with Gasteiger partial charge in [0.05, 0.1) is 11.6 Å². The van der Waals surface area contributed by atoms with Crippen LogP contribution in [0.25, 0.3) is 0 Å². The molecule has 1 aliphatic rings. The Kier molecular flexibility index (Phi) is 4.34. The second-order valence-corrected chi connectivity index (χ2v) is 5.83. The quantitative estimate of drug-likeness (QED) is 0.907. The van der Waals surface area contributed by atoms with Crippen molar-refractivity contribution in [3.63, 3.8) is 0 Å². The van der Waals surface area contributed by atoms with Crippen LogP contribution in [-0.2, 0) is 23.1 Å². The highest BCUT2D eigenvalue weighted by atomic mass is 16.4. The number of aromatic nitrogens is 2. The molecule has 6 nitrogen and oxygen atoms in total. The zero-order chi connectivity index (χ0) is 15.7. The predicted molar refractivity (Wildman–Crippen MR) is 77.9 cm³/mol. The fraction of sp³-hybridized carbons (Fsp3) is 0.667. The van der Waals surface area contributed by atoms with Gasteiger partial charge in [-0.25, -0.2) is 0 Å². The highest BCUT2D eigenvalue weighted by Gasteiger charge is 2.37. The number of hydrogen-bond donors (Lipinski definition) is 1. The van der Waals surface area contributed by atoms with Crippen molar-refractivity contribution >= 4 is 11.9 Å². The molecule has 2 unspecified atom stereocenters. The summed E-state index contributed by atoms with van der Waals surface area (Å²) in [5, 5.41) is 13.5. The number of aliphatic carboxylic acids is 1. The van der Waals surface area contributed by atoms with Crippen LogP contribution in [0, 0.1) is 19.8 Å². The van der Waals surface area contributed by atoms with Crippen molar-refractivity contribution in [1.82, 2.24) is 14.7 Å². The summed E-state index contributed by atoms with van der Waals surface area (Å²) in [7, 11) is 1.90. The van der Waals surface area contributed by atoms with Crippen molar-refractivity contribution in [2.24, 2.45) is 13.0 Å². The van der Waals surface area contributed by atoms with E-state index in [1.165, 1.54) is 0 Å². The number of amides is 1. The summed E-state index contributed by atoms with van der Waals surface area (Å²) in [6, 6.07) is -0.217. The molecular weight excluding hydrogens is 270 g/mol. The molecule has 0 aliphatic carbocycles. The zero-order valence-corrected chi connectivity index (χ0v) is 13.1. The molecule has 1 aromatic heterocycles. The van der Waals surface area contributed by atoms with E-state index in [-0.39, 0.29) is 11.9 Å². The first-order valence-electron chi connectivity index (χ1n) is 7.34. The summed E-state index contributed by atoms with van der Waals surface area (Å²) in [6.07, 6.45) is 1.61. The van der Waals surface area contributed by atoms with Crippen LogP contribution in [-0.4, -0.2) is 44.3 Å². The summed E-state index contributed by atoms with van der Waals surface area (Å²) >= 11 is 0. The van der Waals surface area contributed by atoms with Crippen LogP contribution in [0.3, 0.4) is 0 Å². The Hall–Kier alpha value is -1.85. The lowest BCUT2D eigenvalue weighted by Gasteiger charge is -2.23. The number of nitrogens with zero attached hydrogens (tertiary/aromatic N) is 3. The van der Waals surface area contributed by atoms with Gasteiger partial charge in [-0.2, -0.15) is 5.10 Å². The lowest BCUT2D eigenvalue weighted by atomic mass is 10.0. The highest BCUT2D eigenvalue weighted by molar-refractivity contribution is 5.79. The molecule has 2 atom stereocenters. The van der Waals surface area contributed by atoms with E-state index in [2.05, 4.69) is 5.10 Å². The molecule has 2 heterocycles. The van der Waals surface area contributed by atoms with E-state index in [1.807, 2.05) is 32.5 Å². The van der Waals surface area contributed by atoms with Crippen molar-refractivity contribution in [2.75, 3.05) is 6.54 Å². The van der Waals surface area contributed by atoms with Gasteiger partial charge in [-0.3, -0.25) is 14.3 Å². The molecule has 1 saturated heterocycles. The maximum absolute atomic E-state index is 12.3. The predicted octanol–water partition coefficient (Wildman–Crippen LogP) is 1.29. The number of rotatable bonds is 4. The number of hydrogen-bond acceptors (Lipinski definition) is 3. The molecule has 0 spiro atoms. The summed E-state index contributed by atoms with van der Waals surface area (Å²) in [5.41, 5.74) is 3.16. The van der Waals surface area contributed by atoms with Gasteiger partial charge in [-0.1, -0.05) is 0 Å². The molecule has 1 fully saturated rings.